The van der Waals surface area contributed by atoms with Gasteiger partial charge in [0.2, 0.25) is 0 Å². The van der Waals surface area contributed by atoms with Gasteiger partial charge in [-0.1, -0.05) is 24.3 Å². The van der Waals surface area contributed by atoms with Crippen LogP contribution in [0.25, 0.3) is 0 Å². The lowest BCUT2D eigenvalue weighted by molar-refractivity contribution is 0.0813. The molecule has 0 aromatic heterocycles. The summed E-state index contributed by atoms with van der Waals surface area (Å²) in [7, 11) is 0. The van der Waals surface area contributed by atoms with Crippen LogP contribution in [0.15, 0.2) is 50.6 Å². The Morgan fingerprint density at radius 3 is 0.688 bits per heavy atom. The molecule has 0 fully saturated rings. The van der Waals surface area contributed by atoms with Crippen LogP contribution >= 0.6 is 0 Å². The Kier molecular flexibility index (Phi) is 11.1. The van der Waals surface area contributed by atoms with Crippen LogP contribution in [0.2, 0.25) is 0 Å². The van der Waals surface area contributed by atoms with E-state index in [4.69, 9.17) is 20.4 Å². The maximum Gasteiger partial charge on any atom is 0.101 e. The Morgan fingerprint density at radius 2 is 0.625 bits per heavy atom. The highest BCUT2D eigenvalue weighted by Crippen LogP contribution is 1.93. The Bertz CT molecular complexity index is 177. The average Bonchev–Trinajstić information content (AvgIpc) is 2.35. The van der Waals surface area contributed by atoms with Gasteiger partial charge in [-0.15, -0.1) is 26.3 Å². The molecule has 0 aliphatic rings. The van der Waals surface area contributed by atoms with Crippen LogP contribution in [0.5, 0.6) is 0 Å². The number of aliphatic hydroxyl groups excluding tert-OH is 4. The molecule has 0 rings (SSSR count). The monoisotopic (exact) mass is 228 g/mol. The summed E-state index contributed by atoms with van der Waals surface area (Å²) >= 11 is 0. The summed E-state index contributed by atoms with van der Waals surface area (Å²) in [5, 5.41) is 34.7. The topological polar surface area (TPSA) is 80.9 Å². The molecule has 0 aliphatic carbocycles. The standard InChI is InChI=1S/2C6H10O2/c2*1-3-5(7)6(8)4-2/h2*3-8H,1-2H2. The Labute approximate surface area is 96.2 Å². The fraction of sp³-hybridized carbons (Fsp3) is 0.333. The molecular weight excluding hydrogens is 208 g/mol. The second-order valence-corrected chi connectivity index (χ2v) is 2.91. The van der Waals surface area contributed by atoms with Gasteiger partial charge in [-0.2, -0.15) is 0 Å². The van der Waals surface area contributed by atoms with E-state index in [1.807, 2.05) is 0 Å². The van der Waals surface area contributed by atoms with Gasteiger partial charge in [0, 0.05) is 0 Å². The van der Waals surface area contributed by atoms with Gasteiger partial charge in [0.1, 0.15) is 24.4 Å². The zero-order chi connectivity index (χ0) is 13.1. The van der Waals surface area contributed by atoms with Gasteiger partial charge in [-0.3, -0.25) is 0 Å². The van der Waals surface area contributed by atoms with Gasteiger partial charge < -0.3 is 20.4 Å². The molecule has 0 aromatic carbocycles. The molecule has 4 N–H and O–H groups in total. The van der Waals surface area contributed by atoms with E-state index >= 15 is 0 Å². The van der Waals surface area contributed by atoms with E-state index in [0.29, 0.717) is 0 Å². The summed E-state index contributed by atoms with van der Waals surface area (Å²) in [6.07, 6.45) is 1.50. The van der Waals surface area contributed by atoms with Gasteiger partial charge >= 0.3 is 0 Å². The van der Waals surface area contributed by atoms with Crippen molar-refractivity contribution >= 4 is 0 Å². The number of rotatable bonds is 6. The van der Waals surface area contributed by atoms with Crippen LogP contribution < -0.4 is 0 Å². The smallest absolute Gasteiger partial charge is 0.101 e. The van der Waals surface area contributed by atoms with Crippen molar-refractivity contribution in [1.29, 1.82) is 0 Å². The predicted molar refractivity (Wildman–Crippen MR) is 64.8 cm³/mol. The van der Waals surface area contributed by atoms with E-state index in [1.54, 1.807) is 0 Å². The Hall–Kier alpha value is -1.20. The first kappa shape index (κ1) is 17.2. The zero-order valence-corrected chi connectivity index (χ0v) is 9.24. The molecule has 0 amide bonds. The van der Waals surface area contributed by atoms with Crippen molar-refractivity contribution in [2.45, 2.75) is 24.4 Å². The summed E-state index contributed by atoms with van der Waals surface area (Å²) in [5.74, 6) is 0. The van der Waals surface area contributed by atoms with Gasteiger partial charge in [0.15, 0.2) is 0 Å². The van der Waals surface area contributed by atoms with Crippen molar-refractivity contribution in [3.63, 3.8) is 0 Å². The molecule has 92 valence electrons. The first-order valence-electron chi connectivity index (χ1n) is 4.67. The second-order valence-electron chi connectivity index (χ2n) is 2.91. The van der Waals surface area contributed by atoms with E-state index in [-0.39, 0.29) is 0 Å². The molecule has 16 heavy (non-hydrogen) atoms. The molecule has 0 bridgehead atoms. The van der Waals surface area contributed by atoms with E-state index in [9.17, 15) is 0 Å². The third-order valence-electron chi connectivity index (χ3n) is 1.67. The van der Waals surface area contributed by atoms with E-state index < -0.39 is 24.4 Å². The van der Waals surface area contributed by atoms with Gasteiger partial charge in [0.05, 0.1) is 0 Å². The largest absolute Gasteiger partial charge is 0.386 e. The number of hydrogen-bond acceptors (Lipinski definition) is 4. The molecule has 4 nitrogen and oxygen atoms in total. The summed E-state index contributed by atoms with van der Waals surface area (Å²) < 4.78 is 0. The molecule has 0 radical (unpaired) electrons. The van der Waals surface area contributed by atoms with Crippen LogP contribution in [0.3, 0.4) is 0 Å². The highest BCUT2D eigenvalue weighted by Gasteiger charge is 2.06. The molecular formula is C12H20O4. The lowest BCUT2D eigenvalue weighted by Crippen LogP contribution is -2.20. The lowest BCUT2D eigenvalue weighted by atomic mass is 10.2. The van der Waals surface area contributed by atoms with Crippen LogP contribution in [-0.2, 0) is 0 Å². The van der Waals surface area contributed by atoms with E-state index in [2.05, 4.69) is 26.3 Å². The van der Waals surface area contributed by atoms with Crippen LogP contribution in [0, 0.1) is 0 Å². The molecule has 0 spiro atoms. The SMILES string of the molecule is C=CC(O)C(O)C=C.C=CC(O)C(O)C=C. The molecule has 4 atom stereocenters. The number of aliphatic hydroxyl groups is 4. The van der Waals surface area contributed by atoms with E-state index in [1.165, 1.54) is 24.3 Å². The van der Waals surface area contributed by atoms with Crippen molar-refractivity contribution in [3.05, 3.63) is 50.6 Å². The van der Waals surface area contributed by atoms with Crippen LogP contribution in [0.1, 0.15) is 0 Å². The molecule has 0 aliphatic heterocycles. The quantitative estimate of drug-likeness (QED) is 0.488. The minimum atomic E-state index is -0.882. The minimum absolute atomic E-state index is 0.882. The van der Waals surface area contributed by atoms with Crippen molar-refractivity contribution in [1.82, 2.24) is 0 Å². The fourth-order valence-electron chi connectivity index (χ4n) is 0.558. The normalized spacial score (nSPS) is 16.8. The maximum atomic E-state index is 8.69. The van der Waals surface area contributed by atoms with Gasteiger partial charge in [-0.25, -0.2) is 0 Å². The summed E-state index contributed by atoms with van der Waals surface area (Å²) in [5.41, 5.74) is 0. The molecule has 4 unspecified atom stereocenters. The van der Waals surface area contributed by atoms with Crippen molar-refractivity contribution < 1.29 is 20.4 Å². The summed E-state index contributed by atoms with van der Waals surface area (Å²) in [6, 6.07) is 0. The fourth-order valence-corrected chi connectivity index (χ4v) is 0.558. The predicted octanol–water partition coefficient (Wildman–Crippen LogP) is 0.160. The highest BCUT2D eigenvalue weighted by molar-refractivity contribution is 4.93. The first-order valence-corrected chi connectivity index (χ1v) is 4.67. The first-order chi connectivity index (χ1) is 7.44. The third-order valence-corrected chi connectivity index (χ3v) is 1.67. The van der Waals surface area contributed by atoms with Crippen LogP contribution in [-0.4, -0.2) is 44.8 Å². The average molecular weight is 228 g/mol. The van der Waals surface area contributed by atoms with E-state index in [0.717, 1.165) is 0 Å². The lowest BCUT2D eigenvalue weighted by Gasteiger charge is -2.06. The molecule has 0 heterocycles. The van der Waals surface area contributed by atoms with Crippen molar-refractivity contribution in [2.75, 3.05) is 0 Å². The molecule has 4 heteroatoms. The van der Waals surface area contributed by atoms with Gasteiger partial charge in [-0.05, 0) is 0 Å². The zero-order valence-electron chi connectivity index (χ0n) is 9.24. The molecule has 0 saturated heterocycles. The van der Waals surface area contributed by atoms with Crippen molar-refractivity contribution in [3.8, 4) is 0 Å². The van der Waals surface area contributed by atoms with Crippen LogP contribution in [0.4, 0.5) is 0 Å². The van der Waals surface area contributed by atoms with Gasteiger partial charge in [0.25, 0.3) is 0 Å². The highest BCUT2D eigenvalue weighted by atomic mass is 16.3. The molecule has 0 saturated carbocycles. The third kappa shape index (κ3) is 8.14. The summed E-state index contributed by atoms with van der Waals surface area (Å²) in [6.45, 7) is 13.1. The maximum absolute atomic E-state index is 8.69. The summed E-state index contributed by atoms with van der Waals surface area (Å²) in [4.78, 5) is 0. The Balaban J connectivity index is 0. The van der Waals surface area contributed by atoms with Crippen molar-refractivity contribution in [2.24, 2.45) is 0 Å². The Morgan fingerprint density at radius 1 is 0.500 bits per heavy atom. The number of hydrogen-bond donors (Lipinski definition) is 4. The minimum Gasteiger partial charge on any atom is -0.386 e. The molecule has 0 aromatic rings. The second kappa shape index (κ2) is 10.3.